The number of piperidine rings is 1. The predicted molar refractivity (Wildman–Crippen MR) is 101 cm³/mol. The van der Waals surface area contributed by atoms with Crippen molar-refractivity contribution in [3.05, 3.63) is 65.5 Å². The molecule has 1 N–H and O–H groups in total. The second-order valence-electron chi connectivity index (χ2n) is 6.66. The third kappa shape index (κ3) is 4.54. The number of carbonyl (C=O) groups excluding carboxylic acids is 3. The SMILES string of the molecule is COC(=O)c1ccc(NC(=O)C2CCCN(C(=O)c3ccc(F)cc3)C2)cc1. The molecule has 2 amide bonds. The summed E-state index contributed by atoms with van der Waals surface area (Å²) in [5.74, 6) is -1.56. The van der Waals surface area contributed by atoms with E-state index in [4.69, 9.17) is 0 Å². The first-order valence-corrected chi connectivity index (χ1v) is 9.02. The summed E-state index contributed by atoms with van der Waals surface area (Å²) in [4.78, 5) is 38.3. The van der Waals surface area contributed by atoms with E-state index in [9.17, 15) is 18.8 Å². The molecule has 1 unspecified atom stereocenters. The van der Waals surface area contributed by atoms with Crippen LogP contribution in [-0.2, 0) is 9.53 Å². The molecule has 6 nitrogen and oxygen atoms in total. The van der Waals surface area contributed by atoms with Crippen LogP contribution in [0.4, 0.5) is 10.1 Å². The van der Waals surface area contributed by atoms with E-state index < -0.39 is 11.8 Å². The highest BCUT2D eigenvalue weighted by Crippen LogP contribution is 2.21. The van der Waals surface area contributed by atoms with Gasteiger partial charge in [0, 0.05) is 24.3 Å². The summed E-state index contributed by atoms with van der Waals surface area (Å²) in [5, 5.41) is 2.82. The molecule has 1 aliphatic rings. The highest BCUT2D eigenvalue weighted by molar-refractivity contribution is 5.96. The average molecular weight is 384 g/mol. The van der Waals surface area contributed by atoms with Crippen LogP contribution >= 0.6 is 0 Å². The lowest BCUT2D eigenvalue weighted by molar-refractivity contribution is -0.121. The van der Waals surface area contributed by atoms with Gasteiger partial charge in [-0.25, -0.2) is 9.18 Å². The molecule has 0 saturated carbocycles. The number of halogens is 1. The molecule has 0 spiro atoms. The number of hydrogen-bond donors (Lipinski definition) is 1. The Labute approximate surface area is 162 Å². The van der Waals surface area contributed by atoms with E-state index in [2.05, 4.69) is 10.1 Å². The molecule has 1 saturated heterocycles. The molecule has 7 heteroatoms. The highest BCUT2D eigenvalue weighted by Gasteiger charge is 2.29. The zero-order chi connectivity index (χ0) is 20.1. The maximum absolute atomic E-state index is 13.1. The monoisotopic (exact) mass is 384 g/mol. The van der Waals surface area contributed by atoms with Gasteiger partial charge in [-0.3, -0.25) is 9.59 Å². The molecule has 1 atom stereocenters. The summed E-state index contributed by atoms with van der Waals surface area (Å²) in [6.45, 7) is 0.871. The summed E-state index contributed by atoms with van der Waals surface area (Å²) in [6, 6.07) is 11.8. The predicted octanol–water partition coefficient (Wildman–Crippen LogP) is 3.10. The number of carbonyl (C=O) groups is 3. The number of anilines is 1. The van der Waals surface area contributed by atoms with Crippen LogP contribution in [0.2, 0.25) is 0 Å². The fourth-order valence-electron chi connectivity index (χ4n) is 3.20. The zero-order valence-corrected chi connectivity index (χ0v) is 15.5. The van der Waals surface area contributed by atoms with Gasteiger partial charge in [0.15, 0.2) is 0 Å². The topological polar surface area (TPSA) is 75.7 Å². The lowest BCUT2D eigenvalue weighted by Gasteiger charge is -2.32. The number of nitrogens with one attached hydrogen (secondary N) is 1. The number of likely N-dealkylation sites (tertiary alicyclic amines) is 1. The number of esters is 1. The van der Waals surface area contributed by atoms with Crippen LogP contribution in [0.25, 0.3) is 0 Å². The van der Waals surface area contributed by atoms with E-state index in [0.717, 1.165) is 0 Å². The van der Waals surface area contributed by atoms with Crippen molar-refractivity contribution in [1.29, 1.82) is 0 Å². The molecule has 1 aliphatic heterocycles. The Morgan fingerprint density at radius 2 is 1.68 bits per heavy atom. The summed E-state index contributed by atoms with van der Waals surface area (Å²) in [6.07, 6.45) is 1.39. The molecule has 0 aliphatic carbocycles. The van der Waals surface area contributed by atoms with Crippen molar-refractivity contribution in [3.8, 4) is 0 Å². The fourth-order valence-corrected chi connectivity index (χ4v) is 3.20. The third-order valence-electron chi connectivity index (χ3n) is 4.74. The van der Waals surface area contributed by atoms with Crippen LogP contribution in [-0.4, -0.2) is 42.9 Å². The summed E-state index contributed by atoms with van der Waals surface area (Å²) in [5.41, 5.74) is 1.37. The molecule has 3 rings (SSSR count). The number of rotatable bonds is 4. The van der Waals surface area contributed by atoms with Crippen LogP contribution in [0, 0.1) is 11.7 Å². The Balaban J connectivity index is 1.61. The van der Waals surface area contributed by atoms with Crippen LogP contribution in [0.5, 0.6) is 0 Å². The Morgan fingerprint density at radius 3 is 2.32 bits per heavy atom. The normalized spacial score (nSPS) is 16.4. The first-order chi connectivity index (χ1) is 13.5. The smallest absolute Gasteiger partial charge is 0.337 e. The minimum Gasteiger partial charge on any atom is -0.465 e. The molecule has 28 heavy (non-hydrogen) atoms. The zero-order valence-electron chi connectivity index (χ0n) is 15.5. The van der Waals surface area contributed by atoms with Gasteiger partial charge in [-0.05, 0) is 61.4 Å². The maximum atomic E-state index is 13.1. The van der Waals surface area contributed by atoms with Gasteiger partial charge in [-0.1, -0.05) is 0 Å². The summed E-state index contributed by atoms with van der Waals surface area (Å²) < 4.78 is 17.7. The Hall–Kier alpha value is -3.22. The Kier molecular flexibility index (Phi) is 6.03. The van der Waals surface area contributed by atoms with Gasteiger partial charge in [0.1, 0.15) is 5.82 Å². The van der Waals surface area contributed by atoms with E-state index in [1.54, 1.807) is 29.2 Å². The highest BCUT2D eigenvalue weighted by atomic mass is 19.1. The first-order valence-electron chi connectivity index (χ1n) is 9.02. The van der Waals surface area contributed by atoms with Crippen molar-refractivity contribution < 1.29 is 23.5 Å². The molecule has 1 fully saturated rings. The number of ether oxygens (including phenoxy) is 1. The maximum Gasteiger partial charge on any atom is 0.337 e. The van der Waals surface area contributed by atoms with Crippen LogP contribution in [0.1, 0.15) is 33.6 Å². The van der Waals surface area contributed by atoms with Gasteiger partial charge in [-0.2, -0.15) is 0 Å². The van der Waals surface area contributed by atoms with Crippen molar-refractivity contribution in [2.24, 2.45) is 5.92 Å². The quantitative estimate of drug-likeness (QED) is 0.822. The van der Waals surface area contributed by atoms with Crippen LogP contribution in [0.15, 0.2) is 48.5 Å². The van der Waals surface area contributed by atoms with Gasteiger partial charge >= 0.3 is 5.97 Å². The fraction of sp³-hybridized carbons (Fsp3) is 0.286. The Morgan fingerprint density at radius 1 is 1.04 bits per heavy atom. The van der Waals surface area contributed by atoms with Crippen LogP contribution < -0.4 is 5.32 Å². The average Bonchev–Trinajstić information content (AvgIpc) is 2.74. The number of amides is 2. The van der Waals surface area contributed by atoms with E-state index in [0.29, 0.717) is 42.7 Å². The van der Waals surface area contributed by atoms with Gasteiger partial charge in [-0.15, -0.1) is 0 Å². The standard InChI is InChI=1S/C21H21FN2O4/c1-28-21(27)15-6-10-18(11-7-15)23-19(25)16-3-2-12-24(13-16)20(26)14-4-8-17(22)9-5-14/h4-11,16H,2-3,12-13H2,1H3,(H,23,25). The second kappa shape index (κ2) is 8.65. The lowest BCUT2D eigenvalue weighted by Crippen LogP contribution is -2.43. The van der Waals surface area contributed by atoms with E-state index >= 15 is 0 Å². The van der Waals surface area contributed by atoms with Gasteiger partial charge in [0.05, 0.1) is 18.6 Å². The third-order valence-corrected chi connectivity index (χ3v) is 4.74. The van der Waals surface area contributed by atoms with Gasteiger partial charge in [0.25, 0.3) is 5.91 Å². The van der Waals surface area contributed by atoms with Crippen LogP contribution in [0.3, 0.4) is 0 Å². The van der Waals surface area contributed by atoms with Crippen molar-refractivity contribution in [2.45, 2.75) is 12.8 Å². The molecular formula is C21H21FN2O4. The Bertz CT molecular complexity index is 865. The molecule has 0 aromatic heterocycles. The molecular weight excluding hydrogens is 363 g/mol. The first kappa shape index (κ1) is 19.5. The summed E-state index contributed by atoms with van der Waals surface area (Å²) in [7, 11) is 1.31. The van der Waals surface area contributed by atoms with Gasteiger partial charge < -0.3 is 15.0 Å². The van der Waals surface area contributed by atoms with E-state index in [-0.39, 0.29) is 17.7 Å². The van der Waals surface area contributed by atoms with E-state index in [1.165, 1.54) is 31.4 Å². The number of benzene rings is 2. The van der Waals surface area contributed by atoms with Crippen molar-refractivity contribution in [3.63, 3.8) is 0 Å². The number of nitrogens with zero attached hydrogens (tertiary/aromatic N) is 1. The molecule has 1 heterocycles. The molecule has 146 valence electrons. The van der Waals surface area contributed by atoms with Crippen molar-refractivity contribution >= 4 is 23.5 Å². The molecule has 0 radical (unpaired) electrons. The van der Waals surface area contributed by atoms with Crippen molar-refractivity contribution in [2.75, 3.05) is 25.5 Å². The molecule has 2 aromatic carbocycles. The van der Waals surface area contributed by atoms with Crippen molar-refractivity contribution in [1.82, 2.24) is 4.90 Å². The van der Waals surface area contributed by atoms with Gasteiger partial charge in [0.2, 0.25) is 5.91 Å². The lowest BCUT2D eigenvalue weighted by atomic mass is 9.96. The minimum atomic E-state index is -0.444. The second-order valence-corrected chi connectivity index (χ2v) is 6.66. The minimum absolute atomic E-state index is 0.178. The largest absolute Gasteiger partial charge is 0.465 e. The van der Waals surface area contributed by atoms with E-state index in [1.807, 2.05) is 0 Å². The number of hydrogen-bond acceptors (Lipinski definition) is 4. The molecule has 2 aromatic rings. The number of methoxy groups -OCH3 is 1. The summed E-state index contributed by atoms with van der Waals surface area (Å²) >= 11 is 0. The molecule has 0 bridgehead atoms.